The monoisotopic (exact) mass is 337 g/mol. The number of hydrogen-bond donors (Lipinski definition) is 2. The van der Waals surface area contributed by atoms with Gasteiger partial charge in [0.05, 0.1) is 24.8 Å². The van der Waals surface area contributed by atoms with E-state index in [1.54, 1.807) is 4.90 Å². The first kappa shape index (κ1) is 16.3. The molecule has 0 radical (unpaired) electrons. The number of carbonyl (C=O) groups excluding carboxylic acids is 2. The van der Waals surface area contributed by atoms with Crippen LogP contribution in [-0.4, -0.2) is 77.4 Å². The number of carbonyl (C=O) groups is 2. The Morgan fingerprint density at radius 3 is 2.92 bits per heavy atom. The molecule has 24 heavy (non-hydrogen) atoms. The molecule has 0 bridgehead atoms. The fourth-order valence-electron chi connectivity index (χ4n) is 4.34. The van der Waals surface area contributed by atoms with Gasteiger partial charge in [0.2, 0.25) is 11.8 Å². The van der Waals surface area contributed by atoms with Crippen molar-refractivity contribution < 1.29 is 19.4 Å². The number of hydrogen-bond acceptors (Lipinski definition) is 5. The summed E-state index contributed by atoms with van der Waals surface area (Å²) >= 11 is 0. The minimum absolute atomic E-state index is 0.0134. The fraction of sp³-hybridized carbons (Fsp3) is 0.882. The van der Waals surface area contributed by atoms with Gasteiger partial charge in [-0.15, -0.1) is 0 Å². The van der Waals surface area contributed by atoms with Crippen molar-refractivity contribution in [1.82, 2.24) is 15.1 Å². The minimum Gasteiger partial charge on any atom is -0.391 e. The highest BCUT2D eigenvalue weighted by Gasteiger charge is 2.51. The van der Waals surface area contributed by atoms with E-state index in [0.29, 0.717) is 32.5 Å². The van der Waals surface area contributed by atoms with Crippen molar-refractivity contribution >= 4 is 11.8 Å². The number of likely N-dealkylation sites (tertiary alicyclic amines) is 1. The van der Waals surface area contributed by atoms with Gasteiger partial charge in [-0.1, -0.05) is 0 Å². The molecular weight excluding hydrogens is 310 g/mol. The molecule has 1 aliphatic carbocycles. The Morgan fingerprint density at radius 2 is 2.21 bits per heavy atom. The standard InChI is InChI=1S/C17H27N3O4/c1-11-16(23)20-12(10-24-15(20)8-18-11)2-3-14(22)19-7-6-17(4-5-17)13(21)9-19/h11-13,15,18,21H,2-10H2,1H3/t11-,12-,13?,15+/m0/s1. The van der Waals surface area contributed by atoms with Gasteiger partial charge in [-0.2, -0.15) is 0 Å². The number of ether oxygens (including phenoxy) is 1. The van der Waals surface area contributed by atoms with Crippen LogP contribution in [0, 0.1) is 5.41 Å². The zero-order valence-corrected chi connectivity index (χ0v) is 14.2. The second kappa shape index (κ2) is 5.97. The number of aliphatic hydroxyl groups excluding tert-OH is 1. The Labute approximate surface area is 142 Å². The lowest BCUT2D eigenvalue weighted by molar-refractivity contribution is -0.145. The topological polar surface area (TPSA) is 82.1 Å². The number of β-amino-alcohol motifs (C(OH)–C–C–N with tert-alkyl or cyclic N) is 1. The summed E-state index contributed by atoms with van der Waals surface area (Å²) in [5.41, 5.74) is 0.118. The van der Waals surface area contributed by atoms with E-state index in [-0.39, 0.29) is 41.6 Å². The molecule has 3 saturated heterocycles. The Bertz CT molecular complexity index is 536. The Hall–Kier alpha value is -1.18. The van der Waals surface area contributed by atoms with Crippen molar-refractivity contribution in [2.45, 2.75) is 63.4 Å². The number of fused-ring (bicyclic) bond motifs is 1. The number of piperidine rings is 1. The SMILES string of the molecule is C[C@@H]1NC[C@H]2OC[C@H](CCC(=O)N3CCC4(CC4)C(O)C3)N2C1=O. The van der Waals surface area contributed by atoms with Crippen LogP contribution in [0.25, 0.3) is 0 Å². The molecule has 1 saturated carbocycles. The van der Waals surface area contributed by atoms with Crippen LogP contribution < -0.4 is 5.32 Å². The average molecular weight is 337 g/mol. The largest absolute Gasteiger partial charge is 0.391 e. The molecule has 0 aromatic carbocycles. The number of amides is 2. The highest BCUT2D eigenvalue weighted by atomic mass is 16.5. The van der Waals surface area contributed by atoms with E-state index in [2.05, 4.69) is 5.32 Å². The van der Waals surface area contributed by atoms with Crippen LogP contribution in [0.1, 0.15) is 39.0 Å². The van der Waals surface area contributed by atoms with Crippen LogP contribution >= 0.6 is 0 Å². The third-order valence-corrected chi connectivity index (χ3v) is 6.32. The summed E-state index contributed by atoms with van der Waals surface area (Å²) in [5, 5.41) is 13.4. The Balaban J connectivity index is 1.30. The molecule has 3 aliphatic heterocycles. The summed E-state index contributed by atoms with van der Waals surface area (Å²) in [6.45, 7) is 4.24. The molecule has 134 valence electrons. The zero-order valence-electron chi connectivity index (χ0n) is 14.2. The summed E-state index contributed by atoms with van der Waals surface area (Å²) in [6.07, 6.45) is 3.59. The van der Waals surface area contributed by atoms with Crippen LogP contribution in [0.3, 0.4) is 0 Å². The number of piperazine rings is 1. The van der Waals surface area contributed by atoms with Gasteiger partial charge in [-0.05, 0) is 38.0 Å². The van der Waals surface area contributed by atoms with Gasteiger partial charge >= 0.3 is 0 Å². The van der Waals surface area contributed by atoms with Gasteiger partial charge in [0.15, 0.2) is 0 Å². The molecule has 4 aliphatic rings. The first-order chi connectivity index (χ1) is 11.5. The molecule has 0 aromatic rings. The molecule has 0 aromatic heterocycles. The first-order valence-corrected chi connectivity index (χ1v) is 9.13. The molecule has 4 atom stereocenters. The van der Waals surface area contributed by atoms with Crippen molar-refractivity contribution in [3.63, 3.8) is 0 Å². The molecule has 1 unspecified atom stereocenters. The number of aliphatic hydroxyl groups is 1. The molecule has 7 heteroatoms. The van der Waals surface area contributed by atoms with Crippen LogP contribution in [0.5, 0.6) is 0 Å². The lowest BCUT2D eigenvalue weighted by Crippen LogP contribution is -2.59. The second-order valence-corrected chi connectivity index (χ2v) is 7.82. The highest BCUT2D eigenvalue weighted by Crippen LogP contribution is 2.53. The zero-order chi connectivity index (χ0) is 16.9. The Kier molecular flexibility index (Phi) is 4.05. The number of rotatable bonds is 3. The molecule has 2 amide bonds. The second-order valence-electron chi connectivity index (χ2n) is 7.82. The van der Waals surface area contributed by atoms with Crippen molar-refractivity contribution in [2.75, 3.05) is 26.2 Å². The van der Waals surface area contributed by atoms with Gasteiger partial charge < -0.3 is 25.0 Å². The van der Waals surface area contributed by atoms with E-state index >= 15 is 0 Å². The maximum Gasteiger partial charge on any atom is 0.241 e. The normalized spacial score (nSPS) is 37.7. The first-order valence-electron chi connectivity index (χ1n) is 9.13. The van der Waals surface area contributed by atoms with Crippen molar-refractivity contribution in [2.24, 2.45) is 5.41 Å². The van der Waals surface area contributed by atoms with E-state index in [1.165, 1.54) is 0 Å². The predicted molar refractivity (Wildman–Crippen MR) is 85.9 cm³/mol. The van der Waals surface area contributed by atoms with Crippen LogP contribution in [0.4, 0.5) is 0 Å². The fourth-order valence-corrected chi connectivity index (χ4v) is 4.34. The van der Waals surface area contributed by atoms with E-state index in [9.17, 15) is 14.7 Å². The molecular formula is C17H27N3O4. The molecule has 4 fully saturated rings. The van der Waals surface area contributed by atoms with Crippen molar-refractivity contribution in [3.8, 4) is 0 Å². The van der Waals surface area contributed by atoms with Crippen LogP contribution in [0.2, 0.25) is 0 Å². The van der Waals surface area contributed by atoms with Gasteiger partial charge in [-0.25, -0.2) is 0 Å². The van der Waals surface area contributed by atoms with Crippen LogP contribution in [-0.2, 0) is 14.3 Å². The summed E-state index contributed by atoms with van der Waals surface area (Å²) in [7, 11) is 0. The van der Waals surface area contributed by atoms with E-state index in [0.717, 1.165) is 25.8 Å². The molecule has 3 heterocycles. The third-order valence-electron chi connectivity index (χ3n) is 6.32. The van der Waals surface area contributed by atoms with E-state index in [4.69, 9.17) is 4.74 Å². The quantitative estimate of drug-likeness (QED) is 0.738. The third kappa shape index (κ3) is 2.72. The predicted octanol–water partition coefficient (Wildman–Crippen LogP) is -0.315. The number of nitrogens with zero attached hydrogens (tertiary/aromatic N) is 2. The lowest BCUT2D eigenvalue weighted by Gasteiger charge is -2.37. The van der Waals surface area contributed by atoms with E-state index < -0.39 is 0 Å². The molecule has 4 rings (SSSR count). The van der Waals surface area contributed by atoms with Crippen LogP contribution in [0.15, 0.2) is 0 Å². The molecule has 2 N–H and O–H groups in total. The summed E-state index contributed by atoms with van der Waals surface area (Å²) in [6, 6.07) is -0.200. The molecule has 1 spiro atoms. The maximum atomic E-state index is 12.5. The van der Waals surface area contributed by atoms with Gasteiger partial charge in [0.25, 0.3) is 0 Å². The Morgan fingerprint density at radius 1 is 1.42 bits per heavy atom. The van der Waals surface area contributed by atoms with Gasteiger partial charge in [0, 0.05) is 26.1 Å². The highest BCUT2D eigenvalue weighted by molar-refractivity contribution is 5.83. The van der Waals surface area contributed by atoms with Crippen molar-refractivity contribution in [1.29, 1.82) is 0 Å². The summed E-state index contributed by atoms with van der Waals surface area (Å²) in [5.74, 6) is 0.147. The smallest absolute Gasteiger partial charge is 0.241 e. The van der Waals surface area contributed by atoms with Gasteiger partial charge in [0.1, 0.15) is 6.23 Å². The van der Waals surface area contributed by atoms with Gasteiger partial charge in [-0.3, -0.25) is 9.59 Å². The summed E-state index contributed by atoms with van der Waals surface area (Å²) < 4.78 is 5.70. The van der Waals surface area contributed by atoms with Crippen molar-refractivity contribution in [3.05, 3.63) is 0 Å². The molecule has 7 nitrogen and oxygen atoms in total. The minimum atomic E-state index is -0.370. The summed E-state index contributed by atoms with van der Waals surface area (Å²) in [4.78, 5) is 28.4. The van der Waals surface area contributed by atoms with E-state index in [1.807, 2.05) is 11.8 Å². The maximum absolute atomic E-state index is 12.5. The number of nitrogens with one attached hydrogen (secondary N) is 1. The lowest BCUT2D eigenvalue weighted by atomic mass is 9.90. The average Bonchev–Trinajstić information content (AvgIpc) is 3.23.